The summed E-state index contributed by atoms with van der Waals surface area (Å²) in [5, 5.41) is 2.23. The summed E-state index contributed by atoms with van der Waals surface area (Å²) >= 11 is 0. The molecule has 0 aliphatic heterocycles. The van der Waals surface area contributed by atoms with Crippen molar-refractivity contribution < 1.29 is 27.1 Å². The van der Waals surface area contributed by atoms with Gasteiger partial charge in [0, 0.05) is 12.1 Å². The number of alkyl carbamates (subject to hydrolysis) is 1. The molecule has 0 bridgehead atoms. The van der Waals surface area contributed by atoms with E-state index in [0.717, 1.165) is 0 Å². The van der Waals surface area contributed by atoms with Crippen LogP contribution >= 0.6 is 0 Å². The maximum absolute atomic E-state index is 13.5. The number of benzene rings is 1. The summed E-state index contributed by atoms with van der Waals surface area (Å²) in [7, 11) is 0. The van der Waals surface area contributed by atoms with Gasteiger partial charge in [-0.1, -0.05) is 0 Å². The Kier molecular flexibility index (Phi) is 5.16. The predicted molar refractivity (Wildman–Crippen MR) is 67.4 cm³/mol. The maximum atomic E-state index is 13.5. The number of halogens is 4. The summed E-state index contributed by atoms with van der Waals surface area (Å²) in [6.07, 6.45) is -0.818. The Bertz CT molecular complexity index is 544. The van der Waals surface area contributed by atoms with E-state index in [1.54, 1.807) is 20.8 Å². The Balaban J connectivity index is 2.77. The van der Waals surface area contributed by atoms with Crippen molar-refractivity contribution in [3.63, 3.8) is 0 Å². The second-order valence-electron chi connectivity index (χ2n) is 5.38. The van der Waals surface area contributed by atoms with Gasteiger partial charge < -0.3 is 15.8 Å². The third-order valence-electron chi connectivity index (χ3n) is 2.40. The molecule has 8 heteroatoms. The van der Waals surface area contributed by atoms with Crippen LogP contribution < -0.4 is 11.1 Å². The van der Waals surface area contributed by atoms with Gasteiger partial charge in [0.2, 0.25) is 0 Å². The number of nitrogens with two attached hydrogens (primary N) is 1. The normalized spacial score (nSPS) is 13.0. The molecule has 1 atom stereocenters. The van der Waals surface area contributed by atoms with Gasteiger partial charge in [-0.05, 0) is 26.8 Å². The topological polar surface area (TPSA) is 64.3 Å². The van der Waals surface area contributed by atoms with Gasteiger partial charge in [0.25, 0.3) is 0 Å². The standard InChI is InChI=1S/C13H16F4N2O2/c1-13(2,3)21-12(20)19-5-8(18)6-4-7(14)10(16)11(17)9(6)15/h4,8H,5,18H2,1-3H3,(H,19,20). The molecule has 0 aliphatic rings. The SMILES string of the molecule is CC(C)(C)OC(=O)NCC(N)c1cc(F)c(F)c(F)c1F. The van der Waals surface area contributed by atoms with Crippen LogP contribution in [0.5, 0.6) is 0 Å². The highest BCUT2D eigenvalue weighted by Crippen LogP contribution is 2.22. The van der Waals surface area contributed by atoms with Crippen LogP contribution in [0.2, 0.25) is 0 Å². The number of hydrogen-bond donors (Lipinski definition) is 2. The molecular formula is C13H16F4N2O2. The third kappa shape index (κ3) is 4.59. The fourth-order valence-electron chi connectivity index (χ4n) is 1.48. The Hall–Kier alpha value is -1.83. The van der Waals surface area contributed by atoms with Crippen molar-refractivity contribution in [1.29, 1.82) is 0 Å². The maximum Gasteiger partial charge on any atom is 0.407 e. The summed E-state index contributed by atoms with van der Waals surface area (Å²) in [5.41, 5.74) is 4.21. The first-order chi connectivity index (χ1) is 9.53. The number of rotatable bonds is 3. The van der Waals surface area contributed by atoms with Crippen LogP contribution in [0.4, 0.5) is 22.4 Å². The zero-order chi connectivity index (χ0) is 16.4. The van der Waals surface area contributed by atoms with Gasteiger partial charge in [-0.2, -0.15) is 0 Å². The largest absolute Gasteiger partial charge is 0.444 e. The van der Waals surface area contributed by atoms with Gasteiger partial charge in [-0.25, -0.2) is 22.4 Å². The Morgan fingerprint density at radius 3 is 2.33 bits per heavy atom. The van der Waals surface area contributed by atoms with E-state index in [0.29, 0.717) is 6.07 Å². The van der Waals surface area contributed by atoms with Gasteiger partial charge in [-0.3, -0.25) is 0 Å². The van der Waals surface area contributed by atoms with Gasteiger partial charge in [0.1, 0.15) is 5.60 Å². The molecule has 3 N–H and O–H groups in total. The molecule has 0 saturated heterocycles. The van der Waals surface area contributed by atoms with E-state index in [-0.39, 0.29) is 6.54 Å². The summed E-state index contributed by atoms with van der Waals surface area (Å²) < 4.78 is 57.3. The predicted octanol–water partition coefficient (Wildman–Crippen LogP) is 2.77. The fraction of sp³-hybridized carbons (Fsp3) is 0.462. The molecule has 1 aromatic carbocycles. The third-order valence-corrected chi connectivity index (χ3v) is 2.40. The minimum Gasteiger partial charge on any atom is -0.444 e. The Morgan fingerprint density at radius 2 is 1.81 bits per heavy atom. The average Bonchev–Trinajstić information content (AvgIpc) is 2.35. The fourth-order valence-corrected chi connectivity index (χ4v) is 1.48. The van der Waals surface area contributed by atoms with Gasteiger partial charge in [0.05, 0.1) is 6.04 Å². The second-order valence-corrected chi connectivity index (χ2v) is 5.38. The van der Waals surface area contributed by atoms with Crippen LogP contribution in [0, 0.1) is 23.3 Å². The molecule has 1 aromatic rings. The lowest BCUT2D eigenvalue weighted by Crippen LogP contribution is -2.37. The number of nitrogens with one attached hydrogen (secondary N) is 1. The Labute approximate surface area is 119 Å². The molecule has 1 unspecified atom stereocenters. The lowest BCUT2D eigenvalue weighted by molar-refractivity contribution is 0.0524. The number of carbonyl (C=O) groups excluding carboxylic acids is 1. The molecule has 118 valence electrons. The highest BCUT2D eigenvalue weighted by molar-refractivity contribution is 5.67. The zero-order valence-electron chi connectivity index (χ0n) is 11.8. The summed E-state index contributed by atoms with van der Waals surface area (Å²) in [6, 6.07) is -0.808. The number of amides is 1. The van der Waals surface area contributed by atoms with Crippen LogP contribution in [0.15, 0.2) is 6.07 Å². The smallest absolute Gasteiger partial charge is 0.407 e. The highest BCUT2D eigenvalue weighted by atomic mass is 19.2. The lowest BCUT2D eigenvalue weighted by Gasteiger charge is -2.21. The van der Waals surface area contributed by atoms with E-state index in [9.17, 15) is 22.4 Å². The van der Waals surface area contributed by atoms with Crippen molar-refractivity contribution in [2.75, 3.05) is 6.54 Å². The minimum absolute atomic E-state index is 0.337. The molecule has 1 amide bonds. The van der Waals surface area contributed by atoms with Gasteiger partial charge >= 0.3 is 6.09 Å². The van der Waals surface area contributed by atoms with Crippen LogP contribution in [0.3, 0.4) is 0 Å². The van der Waals surface area contributed by atoms with Gasteiger partial charge in [0.15, 0.2) is 23.3 Å². The molecule has 21 heavy (non-hydrogen) atoms. The molecule has 0 fully saturated rings. The van der Waals surface area contributed by atoms with E-state index < -0.39 is 46.6 Å². The van der Waals surface area contributed by atoms with Gasteiger partial charge in [-0.15, -0.1) is 0 Å². The lowest BCUT2D eigenvalue weighted by atomic mass is 10.1. The summed E-state index contributed by atoms with van der Waals surface area (Å²) in [5.74, 6) is -7.01. The van der Waals surface area contributed by atoms with E-state index >= 15 is 0 Å². The van der Waals surface area contributed by atoms with Crippen LogP contribution in [-0.2, 0) is 4.74 Å². The van der Waals surface area contributed by atoms with Crippen LogP contribution in [0.25, 0.3) is 0 Å². The average molecular weight is 308 g/mol. The molecule has 0 aromatic heterocycles. The molecule has 0 heterocycles. The van der Waals surface area contributed by atoms with Crippen molar-refractivity contribution in [1.82, 2.24) is 5.32 Å². The monoisotopic (exact) mass is 308 g/mol. The van der Waals surface area contributed by atoms with Crippen molar-refractivity contribution in [2.45, 2.75) is 32.4 Å². The van der Waals surface area contributed by atoms with E-state index in [4.69, 9.17) is 10.5 Å². The number of ether oxygens (including phenoxy) is 1. The first-order valence-corrected chi connectivity index (χ1v) is 6.08. The molecule has 1 rings (SSSR count). The number of hydrogen-bond acceptors (Lipinski definition) is 3. The van der Waals surface area contributed by atoms with E-state index in [2.05, 4.69) is 5.32 Å². The second kappa shape index (κ2) is 6.30. The molecule has 4 nitrogen and oxygen atoms in total. The van der Waals surface area contributed by atoms with Crippen molar-refractivity contribution in [3.05, 3.63) is 34.9 Å². The quantitative estimate of drug-likeness (QED) is 0.513. The Morgan fingerprint density at radius 1 is 1.24 bits per heavy atom. The summed E-state index contributed by atoms with van der Waals surface area (Å²) in [4.78, 5) is 11.4. The zero-order valence-corrected chi connectivity index (χ0v) is 11.8. The molecule has 0 saturated carbocycles. The molecule has 0 spiro atoms. The minimum atomic E-state index is -1.95. The van der Waals surface area contributed by atoms with Crippen molar-refractivity contribution in [2.24, 2.45) is 5.73 Å². The van der Waals surface area contributed by atoms with Crippen molar-refractivity contribution in [3.8, 4) is 0 Å². The molecule has 0 aliphatic carbocycles. The van der Waals surface area contributed by atoms with E-state index in [1.807, 2.05) is 0 Å². The van der Waals surface area contributed by atoms with E-state index in [1.165, 1.54) is 0 Å². The van der Waals surface area contributed by atoms with Crippen molar-refractivity contribution >= 4 is 6.09 Å². The highest BCUT2D eigenvalue weighted by Gasteiger charge is 2.23. The first kappa shape index (κ1) is 17.2. The van der Waals surface area contributed by atoms with Crippen LogP contribution in [-0.4, -0.2) is 18.2 Å². The first-order valence-electron chi connectivity index (χ1n) is 6.08. The molecular weight excluding hydrogens is 292 g/mol. The molecule has 0 radical (unpaired) electrons. The number of carbonyl (C=O) groups is 1. The van der Waals surface area contributed by atoms with Crippen LogP contribution in [0.1, 0.15) is 32.4 Å². The summed E-state index contributed by atoms with van der Waals surface area (Å²) in [6.45, 7) is 4.57.